The number of carbonyl (C=O) groups is 1. The lowest BCUT2D eigenvalue weighted by Gasteiger charge is -2.25. The van der Waals surface area contributed by atoms with E-state index in [0.717, 1.165) is 16.4 Å². The molecule has 1 atom stereocenters. The molecule has 0 aliphatic carbocycles. The Morgan fingerprint density at radius 1 is 1.39 bits per heavy atom. The monoisotopic (exact) mass is 375 g/mol. The standard InChI is InChI=1S/C16H14BrN3O3/c1-9-2-7-13(19-11-5-3-10(17)4-6-11)14-18-8-12(16(22)23)15(21)20(9)14/h3-9,19H,2H2,1H3,(H,22,23). The van der Waals surface area contributed by atoms with Crippen molar-refractivity contribution in [3.8, 4) is 0 Å². The number of carboxylic acid groups (broad SMARTS) is 1. The molecule has 118 valence electrons. The number of allylic oxidation sites excluding steroid dienone is 1. The van der Waals surface area contributed by atoms with Gasteiger partial charge in [-0.3, -0.25) is 9.36 Å². The van der Waals surface area contributed by atoms with E-state index in [1.54, 1.807) is 0 Å². The lowest BCUT2D eigenvalue weighted by molar-refractivity contribution is 0.0693. The summed E-state index contributed by atoms with van der Waals surface area (Å²) in [6, 6.07) is 7.47. The molecule has 23 heavy (non-hydrogen) atoms. The number of carboxylic acids is 1. The predicted molar refractivity (Wildman–Crippen MR) is 90.5 cm³/mol. The number of rotatable bonds is 3. The predicted octanol–water partition coefficient (Wildman–Crippen LogP) is 3.12. The van der Waals surface area contributed by atoms with Gasteiger partial charge in [0.25, 0.3) is 5.56 Å². The van der Waals surface area contributed by atoms with Crippen LogP contribution in [0.25, 0.3) is 5.70 Å². The maximum absolute atomic E-state index is 12.4. The van der Waals surface area contributed by atoms with Crippen LogP contribution in [0.2, 0.25) is 0 Å². The van der Waals surface area contributed by atoms with Crippen molar-refractivity contribution in [2.45, 2.75) is 19.4 Å². The maximum Gasteiger partial charge on any atom is 0.342 e. The minimum absolute atomic E-state index is 0.139. The molecule has 1 aliphatic heterocycles. The fraction of sp³-hybridized carbons (Fsp3) is 0.188. The molecule has 6 nitrogen and oxygen atoms in total. The number of aromatic nitrogens is 2. The average Bonchev–Trinajstić information content (AvgIpc) is 2.52. The Morgan fingerprint density at radius 3 is 2.74 bits per heavy atom. The Hall–Kier alpha value is -2.41. The minimum atomic E-state index is -1.26. The summed E-state index contributed by atoms with van der Waals surface area (Å²) in [5, 5.41) is 12.3. The van der Waals surface area contributed by atoms with E-state index in [4.69, 9.17) is 5.11 Å². The van der Waals surface area contributed by atoms with Gasteiger partial charge in [0.2, 0.25) is 0 Å². The van der Waals surface area contributed by atoms with Gasteiger partial charge in [-0.25, -0.2) is 9.78 Å². The number of nitrogens with zero attached hydrogens (tertiary/aromatic N) is 2. The molecule has 7 heteroatoms. The van der Waals surface area contributed by atoms with E-state index in [2.05, 4.69) is 26.2 Å². The van der Waals surface area contributed by atoms with Gasteiger partial charge in [-0.15, -0.1) is 0 Å². The highest BCUT2D eigenvalue weighted by Crippen LogP contribution is 2.26. The fourth-order valence-corrected chi connectivity index (χ4v) is 2.77. The molecule has 0 radical (unpaired) electrons. The van der Waals surface area contributed by atoms with Gasteiger partial charge in [0.1, 0.15) is 5.56 Å². The molecule has 2 heterocycles. The molecule has 0 spiro atoms. The van der Waals surface area contributed by atoms with E-state index in [9.17, 15) is 9.59 Å². The summed E-state index contributed by atoms with van der Waals surface area (Å²) in [7, 11) is 0. The number of hydrogen-bond donors (Lipinski definition) is 2. The molecule has 3 rings (SSSR count). The van der Waals surface area contributed by atoms with E-state index in [1.165, 1.54) is 4.57 Å². The quantitative estimate of drug-likeness (QED) is 0.860. The van der Waals surface area contributed by atoms with Gasteiger partial charge in [0.05, 0.1) is 5.70 Å². The topological polar surface area (TPSA) is 84.2 Å². The third kappa shape index (κ3) is 2.92. The molecule has 0 fully saturated rings. The Morgan fingerprint density at radius 2 is 2.09 bits per heavy atom. The first-order chi connectivity index (χ1) is 11.0. The number of halogens is 1. The molecule has 1 aromatic carbocycles. The molecule has 2 aromatic rings. The summed E-state index contributed by atoms with van der Waals surface area (Å²) in [6.07, 6.45) is 3.71. The van der Waals surface area contributed by atoms with Gasteiger partial charge >= 0.3 is 5.97 Å². The summed E-state index contributed by atoms with van der Waals surface area (Å²) in [4.78, 5) is 27.7. The Balaban J connectivity index is 2.03. The summed E-state index contributed by atoms with van der Waals surface area (Å²) >= 11 is 3.38. The molecular formula is C16H14BrN3O3. The first-order valence-corrected chi connectivity index (χ1v) is 7.84. The van der Waals surface area contributed by atoms with E-state index in [-0.39, 0.29) is 11.6 Å². The number of nitrogens with one attached hydrogen (secondary N) is 1. The Kier molecular flexibility index (Phi) is 4.04. The van der Waals surface area contributed by atoms with Crippen molar-refractivity contribution in [3.05, 3.63) is 62.8 Å². The number of aromatic carboxylic acids is 1. The van der Waals surface area contributed by atoms with Crippen molar-refractivity contribution in [2.75, 3.05) is 5.32 Å². The maximum atomic E-state index is 12.4. The van der Waals surface area contributed by atoms with Crippen LogP contribution < -0.4 is 10.9 Å². The van der Waals surface area contributed by atoms with Crippen LogP contribution >= 0.6 is 15.9 Å². The third-order valence-corrected chi connectivity index (χ3v) is 4.22. The largest absolute Gasteiger partial charge is 0.477 e. The molecule has 0 saturated carbocycles. The molecule has 1 aromatic heterocycles. The second kappa shape index (κ2) is 6.00. The van der Waals surface area contributed by atoms with Gasteiger partial charge in [0, 0.05) is 22.4 Å². The molecule has 0 saturated heterocycles. The number of fused-ring (bicyclic) bond motifs is 1. The van der Waals surface area contributed by atoms with Crippen LogP contribution in [0.15, 0.2) is 45.8 Å². The van der Waals surface area contributed by atoms with Crippen molar-refractivity contribution in [1.29, 1.82) is 0 Å². The highest BCUT2D eigenvalue weighted by molar-refractivity contribution is 9.10. The van der Waals surface area contributed by atoms with Crippen LogP contribution in [0.4, 0.5) is 5.69 Å². The zero-order valence-corrected chi connectivity index (χ0v) is 13.9. The highest BCUT2D eigenvalue weighted by Gasteiger charge is 2.24. The van der Waals surface area contributed by atoms with E-state index in [0.29, 0.717) is 17.9 Å². The van der Waals surface area contributed by atoms with Crippen LogP contribution in [0, 0.1) is 0 Å². The number of benzene rings is 1. The molecule has 1 aliphatic rings. The van der Waals surface area contributed by atoms with Gasteiger partial charge in [-0.2, -0.15) is 0 Å². The number of hydrogen-bond acceptors (Lipinski definition) is 4. The summed E-state index contributed by atoms with van der Waals surface area (Å²) in [6.45, 7) is 1.87. The summed E-state index contributed by atoms with van der Waals surface area (Å²) < 4.78 is 2.40. The fourth-order valence-electron chi connectivity index (χ4n) is 2.50. The van der Waals surface area contributed by atoms with Gasteiger partial charge in [-0.1, -0.05) is 22.0 Å². The van der Waals surface area contributed by atoms with Crippen LogP contribution in [-0.2, 0) is 0 Å². The second-order valence-electron chi connectivity index (χ2n) is 5.31. The van der Waals surface area contributed by atoms with Gasteiger partial charge in [0.15, 0.2) is 5.82 Å². The van der Waals surface area contributed by atoms with Gasteiger partial charge in [-0.05, 0) is 37.6 Å². The van der Waals surface area contributed by atoms with Crippen molar-refractivity contribution in [1.82, 2.24) is 9.55 Å². The first-order valence-electron chi connectivity index (χ1n) is 7.05. The molecular weight excluding hydrogens is 362 g/mol. The smallest absolute Gasteiger partial charge is 0.342 e. The van der Waals surface area contributed by atoms with Crippen molar-refractivity contribution in [3.63, 3.8) is 0 Å². The van der Waals surface area contributed by atoms with Crippen LogP contribution in [0.3, 0.4) is 0 Å². The van der Waals surface area contributed by atoms with Crippen molar-refractivity contribution >= 4 is 33.3 Å². The summed E-state index contributed by atoms with van der Waals surface area (Å²) in [5.41, 5.74) is 0.709. The lowest BCUT2D eigenvalue weighted by atomic mass is 10.1. The number of anilines is 1. The average molecular weight is 376 g/mol. The second-order valence-corrected chi connectivity index (χ2v) is 6.23. The molecule has 0 amide bonds. The van der Waals surface area contributed by atoms with Crippen LogP contribution in [0.1, 0.15) is 35.6 Å². The zero-order valence-electron chi connectivity index (χ0n) is 12.3. The van der Waals surface area contributed by atoms with Crippen LogP contribution in [-0.4, -0.2) is 20.6 Å². The van der Waals surface area contributed by atoms with Crippen molar-refractivity contribution < 1.29 is 9.90 Å². The Bertz CT molecular complexity index is 856. The van der Waals surface area contributed by atoms with E-state index >= 15 is 0 Å². The third-order valence-electron chi connectivity index (χ3n) is 3.69. The first kappa shape index (κ1) is 15.5. The summed E-state index contributed by atoms with van der Waals surface area (Å²) in [5.74, 6) is -0.816. The zero-order chi connectivity index (χ0) is 16.6. The minimum Gasteiger partial charge on any atom is -0.477 e. The van der Waals surface area contributed by atoms with E-state index in [1.807, 2.05) is 37.3 Å². The van der Waals surface area contributed by atoms with E-state index < -0.39 is 11.5 Å². The SMILES string of the molecule is CC1CC=C(Nc2ccc(Br)cc2)c2ncc(C(=O)O)c(=O)n21. The van der Waals surface area contributed by atoms with Gasteiger partial charge < -0.3 is 10.4 Å². The molecule has 2 N–H and O–H groups in total. The molecule has 1 unspecified atom stereocenters. The van der Waals surface area contributed by atoms with Crippen molar-refractivity contribution in [2.24, 2.45) is 0 Å². The normalized spacial score (nSPS) is 16.4. The highest BCUT2D eigenvalue weighted by atomic mass is 79.9. The van der Waals surface area contributed by atoms with Crippen LogP contribution in [0.5, 0.6) is 0 Å². The molecule has 0 bridgehead atoms. The lowest BCUT2D eigenvalue weighted by Crippen LogP contribution is -2.34. The Labute approximate surface area is 140 Å².